The molecule has 0 radical (unpaired) electrons. The maximum Gasteiger partial charge on any atom is 0.251 e. The van der Waals surface area contributed by atoms with Gasteiger partial charge in [-0.15, -0.1) is 0 Å². The van der Waals surface area contributed by atoms with E-state index in [0.29, 0.717) is 17.7 Å². The highest BCUT2D eigenvalue weighted by Crippen LogP contribution is 2.15. The second-order valence-corrected chi connectivity index (χ2v) is 5.19. The zero-order valence-corrected chi connectivity index (χ0v) is 13.0. The number of aliphatic hydroxyl groups excluding tert-OH is 1. The summed E-state index contributed by atoms with van der Waals surface area (Å²) < 4.78 is 0. The zero-order valence-electron chi connectivity index (χ0n) is 13.0. The van der Waals surface area contributed by atoms with Crippen LogP contribution in [0, 0.1) is 0 Å². The lowest BCUT2D eigenvalue weighted by Gasteiger charge is -2.11. The van der Waals surface area contributed by atoms with Crippen molar-refractivity contribution in [3.63, 3.8) is 0 Å². The summed E-state index contributed by atoms with van der Waals surface area (Å²) in [7, 11) is 1.57. The molecule has 0 aliphatic heterocycles. The molecule has 23 heavy (non-hydrogen) atoms. The Balaban J connectivity index is 1.88. The second-order valence-electron chi connectivity index (χ2n) is 5.19. The number of amides is 2. The quantitative estimate of drug-likeness (QED) is 0.761. The van der Waals surface area contributed by atoms with E-state index >= 15 is 0 Å². The van der Waals surface area contributed by atoms with E-state index in [0.717, 1.165) is 5.56 Å². The Hall–Kier alpha value is -2.66. The van der Waals surface area contributed by atoms with Crippen LogP contribution in [0.25, 0.3) is 0 Å². The lowest BCUT2D eigenvalue weighted by atomic mass is 10.1. The van der Waals surface area contributed by atoms with Gasteiger partial charge >= 0.3 is 0 Å². The average molecular weight is 312 g/mol. The van der Waals surface area contributed by atoms with Gasteiger partial charge in [0.25, 0.3) is 5.91 Å². The fourth-order valence-electron chi connectivity index (χ4n) is 2.21. The monoisotopic (exact) mass is 312 g/mol. The maximum absolute atomic E-state index is 11.9. The number of carbonyl (C=O) groups is 2. The standard InChI is InChI=1S/C18H20N2O3/c1-19-18(23)15-9-5-6-13(10-15)12-20-17(22)11-16(21)14-7-3-2-4-8-14/h2-10,16,21H,11-12H2,1H3,(H,19,23)(H,20,22). The fourth-order valence-corrected chi connectivity index (χ4v) is 2.21. The Bertz CT molecular complexity index is 671. The predicted molar refractivity (Wildman–Crippen MR) is 87.7 cm³/mol. The number of hydrogen-bond donors (Lipinski definition) is 3. The summed E-state index contributed by atoms with van der Waals surface area (Å²) in [5.41, 5.74) is 2.08. The van der Waals surface area contributed by atoms with Gasteiger partial charge in [-0.25, -0.2) is 0 Å². The van der Waals surface area contributed by atoms with E-state index in [1.54, 1.807) is 37.4 Å². The van der Waals surface area contributed by atoms with Gasteiger partial charge in [-0.1, -0.05) is 42.5 Å². The van der Waals surface area contributed by atoms with Gasteiger partial charge in [0.2, 0.25) is 5.91 Å². The van der Waals surface area contributed by atoms with Crippen molar-refractivity contribution in [1.29, 1.82) is 0 Å². The van der Waals surface area contributed by atoms with Crippen LogP contribution in [-0.4, -0.2) is 24.0 Å². The topological polar surface area (TPSA) is 78.4 Å². The van der Waals surface area contributed by atoms with Crippen molar-refractivity contribution >= 4 is 11.8 Å². The molecule has 2 aromatic carbocycles. The average Bonchev–Trinajstić information content (AvgIpc) is 2.60. The first-order chi connectivity index (χ1) is 11.1. The van der Waals surface area contributed by atoms with Crippen molar-refractivity contribution in [3.8, 4) is 0 Å². The molecular weight excluding hydrogens is 292 g/mol. The Labute approximate surface area is 135 Å². The first-order valence-corrected chi connectivity index (χ1v) is 7.41. The Morgan fingerprint density at radius 2 is 1.83 bits per heavy atom. The van der Waals surface area contributed by atoms with E-state index in [-0.39, 0.29) is 18.2 Å². The Morgan fingerprint density at radius 1 is 1.09 bits per heavy atom. The molecular formula is C18H20N2O3. The first kappa shape index (κ1) is 16.7. The third-order valence-electron chi connectivity index (χ3n) is 3.47. The van der Waals surface area contributed by atoms with Gasteiger partial charge in [-0.2, -0.15) is 0 Å². The van der Waals surface area contributed by atoms with Crippen LogP contribution in [0.3, 0.4) is 0 Å². The predicted octanol–water partition coefficient (Wildman–Crippen LogP) is 1.79. The Morgan fingerprint density at radius 3 is 2.52 bits per heavy atom. The number of aliphatic hydroxyl groups is 1. The van der Waals surface area contributed by atoms with Gasteiger partial charge in [0.1, 0.15) is 0 Å². The van der Waals surface area contributed by atoms with Crippen LogP contribution in [0.2, 0.25) is 0 Å². The van der Waals surface area contributed by atoms with Crippen molar-refractivity contribution in [2.45, 2.75) is 19.1 Å². The highest BCUT2D eigenvalue weighted by Gasteiger charge is 2.12. The summed E-state index contributed by atoms with van der Waals surface area (Å²) in [6.45, 7) is 0.311. The van der Waals surface area contributed by atoms with Gasteiger partial charge in [0, 0.05) is 19.2 Å². The molecule has 1 atom stereocenters. The van der Waals surface area contributed by atoms with E-state index in [1.165, 1.54) is 0 Å². The molecule has 3 N–H and O–H groups in total. The van der Waals surface area contributed by atoms with E-state index < -0.39 is 6.10 Å². The normalized spacial score (nSPS) is 11.6. The van der Waals surface area contributed by atoms with Gasteiger partial charge in [-0.3, -0.25) is 9.59 Å². The lowest BCUT2D eigenvalue weighted by molar-refractivity contribution is -0.123. The minimum Gasteiger partial charge on any atom is -0.388 e. The number of benzene rings is 2. The summed E-state index contributed by atoms with van der Waals surface area (Å²) in [6, 6.07) is 16.1. The SMILES string of the molecule is CNC(=O)c1cccc(CNC(=O)CC(O)c2ccccc2)c1. The van der Waals surface area contributed by atoms with E-state index in [1.807, 2.05) is 24.3 Å². The molecule has 2 rings (SSSR count). The molecule has 0 aliphatic carbocycles. The van der Waals surface area contributed by atoms with Crippen LogP contribution >= 0.6 is 0 Å². The molecule has 0 heterocycles. The lowest BCUT2D eigenvalue weighted by Crippen LogP contribution is -2.25. The van der Waals surface area contributed by atoms with E-state index in [4.69, 9.17) is 0 Å². The molecule has 0 saturated carbocycles. The first-order valence-electron chi connectivity index (χ1n) is 7.41. The largest absolute Gasteiger partial charge is 0.388 e. The van der Waals surface area contributed by atoms with Crippen molar-refractivity contribution in [2.24, 2.45) is 0 Å². The molecule has 5 nitrogen and oxygen atoms in total. The maximum atomic E-state index is 11.9. The Kier molecular flexibility index (Phi) is 5.88. The number of rotatable bonds is 6. The van der Waals surface area contributed by atoms with Crippen molar-refractivity contribution in [1.82, 2.24) is 10.6 Å². The molecule has 2 aromatic rings. The highest BCUT2D eigenvalue weighted by atomic mass is 16.3. The zero-order chi connectivity index (χ0) is 16.7. The van der Waals surface area contributed by atoms with Crippen LogP contribution in [0.1, 0.15) is 34.0 Å². The van der Waals surface area contributed by atoms with Gasteiger partial charge in [0.15, 0.2) is 0 Å². The van der Waals surface area contributed by atoms with Crippen molar-refractivity contribution in [2.75, 3.05) is 7.05 Å². The summed E-state index contributed by atoms with van der Waals surface area (Å²) in [6.07, 6.45) is -0.826. The molecule has 0 spiro atoms. The molecule has 120 valence electrons. The number of hydrogen-bond acceptors (Lipinski definition) is 3. The summed E-state index contributed by atoms with van der Waals surface area (Å²) >= 11 is 0. The molecule has 0 bridgehead atoms. The molecule has 2 amide bonds. The van der Waals surface area contributed by atoms with Gasteiger partial charge in [0.05, 0.1) is 12.5 Å². The third-order valence-corrected chi connectivity index (χ3v) is 3.47. The summed E-state index contributed by atoms with van der Waals surface area (Å²) in [5.74, 6) is -0.413. The van der Waals surface area contributed by atoms with Gasteiger partial charge in [-0.05, 0) is 23.3 Å². The summed E-state index contributed by atoms with van der Waals surface area (Å²) in [4.78, 5) is 23.5. The third kappa shape index (κ3) is 4.93. The molecule has 1 unspecified atom stereocenters. The van der Waals surface area contributed by atoms with Crippen LogP contribution in [-0.2, 0) is 11.3 Å². The highest BCUT2D eigenvalue weighted by molar-refractivity contribution is 5.94. The van der Waals surface area contributed by atoms with Crippen LogP contribution in [0.15, 0.2) is 54.6 Å². The van der Waals surface area contributed by atoms with E-state index in [2.05, 4.69) is 10.6 Å². The van der Waals surface area contributed by atoms with Crippen LogP contribution in [0.4, 0.5) is 0 Å². The van der Waals surface area contributed by atoms with Gasteiger partial charge < -0.3 is 15.7 Å². The van der Waals surface area contributed by atoms with Crippen LogP contribution < -0.4 is 10.6 Å². The molecule has 0 fully saturated rings. The number of carbonyl (C=O) groups excluding carboxylic acids is 2. The summed E-state index contributed by atoms with van der Waals surface area (Å²) in [5, 5.41) is 15.3. The smallest absolute Gasteiger partial charge is 0.251 e. The molecule has 0 saturated heterocycles. The fraction of sp³-hybridized carbons (Fsp3) is 0.222. The molecule has 0 aromatic heterocycles. The second kappa shape index (κ2) is 8.10. The number of nitrogens with one attached hydrogen (secondary N) is 2. The van der Waals surface area contributed by atoms with Crippen LogP contribution in [0.5, 0.6) is 0 Å². The minimum atomic E-state index is -0.826. The van der Waals surface area contributed by atoms with E-state index in [9.17, 15) is 14.7 Å². The van der Waals surface area contributed by atoms with Crippen molar-refractivity contribution < 1.29 is 14.7 Å². The van der Waals surface area contributed by atoms with Crippen molar-refractivity contribution in [3.05, 3.63) is 71.3 Å². The molecule has 5 heteroatoms. The molecule has 0 aliphatic rings. The minimum absolute atomic E-state index is 0.000843.